The van der Waals surface area contributed by atoms with Crippen LogP contribution in [0.2, 0.25) is 5.28 Å². The van der Waals surface area contributed by atoms with Gasteiger partial charge in [-0.3, -0.25) is 0 Å². The number of hydrogen-bond donors (Lipinski definition) is 0. The zero-order valence-corrected chi connectivity index (χ0v) is 14.5. The van der Waals surface area contributed by atoms with Crippen LogP contribution in [-0.4, -0.2) is 15.0 Å². The van der Waals surface area contributed by atoms with Crippen LogP contribution in [0, 0.1) is 0 Å². The van der Waals surface area contributed by atoms with Crippen molar-refractivity contribution < 1.29 is 0 Å². The summed E-state index contributed by atoms with van der Waals surface area (Å²) in [6, 6.07) is 1.75. The van der Waals surface area contributed by atoms with E-state index in [0.717, 1.165) is 10.5 Å². The summed E-state index contributed by atoms with van der Waals surface area (Å²) >= 11 is 13.0. The first-order chi connectivity index (χ1) is 10.9. The Morgan fingerprint density at radius 2 is 1.91 bits per heavy atom. The van der Waals surface area contributed by atoms with Crippen molar-refractivity contribution in [3.63, 3.8) is 0 Å². The molecule has 2 aromatic heterocycles. The van der Waals surface area contributed by atoms with Gasteiger partial charge >= 0.3 is 0 Å². The van der Waals surface area contributed by atoms with E-state index in [0.29, 0.717) is 27.0 Å². The van der Waals surface area contributed by atoms with E-state index in [1.54, 1.807) is 30.5 Å². The van der Waals surface area contributed by atoms with E-state index in [4.69, 9.17) is 23.2 Å². The summed E-state index contributed by atoms with van der Waals surface area (Å²) in [5.74, 6) is 0. The highest BCUT2D eigenvalue weighted by atomic mass is 35.5. The molecule has 0 aliphatic rings. The summed E-state index contributed by atoms with van der Waals surface area (Å²) in [6.07, 6.45) is 6.67. The van der Waals surface area contributed by atoms with Gasteiger partial charge in [0, 0.05) is 11.2 Å². The first-order valence-electron chi connectivity index (χ1n) is 6.45. The summed E-state index contributed by atoms with van der Waals surface area (Å²) in [6.45, 7) is 15.5. The second kappa shape index (κ2) is 7.51. The maximum atomic E-state index is 5.83. The summed E-state index contributed by atoms with van der Waals surface area (Å²) in [7, 11) is 0. The normalized spacial score (nSPS) is 10.7. The van der Waals surface area contributed by atoms with Gasteiger partial charge in [0.2, 0.25) is 5.28 Å². The fourth-order valence-corrected chi connectivity index (χ4v) is 2.94. The minimum absolute atomic E-state index is 0.172. The maximum absolute atomic E-state index is 5.83. The Hall–Kier alpha value is -2.01. The molecule has 0 amide bonds. The van der Waals surface area contributed by atoms with Crippen molar-refractivity contribution in [2.75, 3.05) is 0 Å². The molecule has 0 aromatic carbocycles. The Balaban J connectivity index is 2.40. The van der Waals surface area contributed by atoms with Crippen LogP contribution < -0.4 is 0 Å². The fraction of sp³-hybridized carbons (Fsp3) is 0. The molecule has 0 saturated heterocycles. The minimum Gasteiger partial charge on any atom is -0.234 e. The quantitative estimate of drug-likeness (QED) is 0.483. The Morgan fingerprint density at radius 3 is 2.52 bits per heavy atom. The number of rotatable bonds is 6. The van der Waals surface area contributed by atoms with Crippen molar-refractivity contribution in [2.45, 2.75) is 0 Å². The summed E-state index contributed by atoms with van der Waals surface area (Å²) in [5.41, 5.74) is 2.81. The van der Waals surface area contributed by atoms with Crippen LogP contribution in [0.25, 0.3) is 22.4 Å². The lowest BCUT2D eigenvalue weighted by Gasteiger charge is -2.03. The lowest BCUT2D eigenvalue weighted by Crippen LogP contribution is -1.86. The lowest BCUT2D eigenvalue weighted by atomic mass is 10.1. The van der Waals surface area contributed by atoms with E-state index in [9.17, 15) is 0 Å². The van der Waals surface area contributed by atoms with Gasteiger partial charge in [-0.2, -0.15) is 0 Å². The van der Waals surface area contributed by atoms with Crippen LogP contribution in [0.3, 0.4) is 0 Å². The van der Waals surface area contributed by atoms with E-state index < -0.39 is 0 Å². The molecule has 0 saturated carbocycles. The van der Waals surface area contributed by atoms with Crippen molar-refractivity contribution >= 4 is 46.2 Å². The van der Waals surface area contributed by atoms with E-state index in [2.05, 4.69) is 41.3 Å². The SMILES string of the molecule is C=Cc1nc(-c2ccnc(Cl)n2)sc1C(=C)C(=C)C=CC(=C)Cl. The molecule has 6 heteroatoms. The van der Waals surface area contributed by atoms with Gasteiger partial charge < -0.3 is 0 Å². The molecule has 0 spiro atoms. The molecular weight excluding hydrogens is 349 g/mol. The highest BCUT2D eigenvalue weighted by Crippen LogP contribution is 2.35. The van der Waals surface area contributed by atoms with Crippen molar-refractivity contribution in [3.05, 3.63) is 77.2 Å². The topological polar surface area (TPSA) is 38.7 Å². The largest absolute Gasteiger partial charge is 0.234 e. The number of halogens is 2. The standard InChI is InChI=1S/C17H13Cl2N3S/c1-5-13-15(12(4)10(2)6-7-11(3)18)23-16(21-13)14-8-9-20-17(19)22-14/h5-9H,1-4H2. The number of allylic oxidation sites excluding steroid dienone is 5. The van der Waals surface area contributed by atoms with Gasteiger partial charge in [-0.1, -0.05) is 44.0 Å². The molecule has 2 heterocycles. The van der Waals surface area contributed by atoms with Crippen molar-refractivity contribution in [1.82, 2.24) is 15.0 Å². The Kier molecular flexibility index (Phi) is 5.66. The average Bonchev–Trinajstić information content (AvgIpc) is 2.96. The number of thiazole rings is 1. The van der Waals surface area contributed by atoms with Gasteiger partial charge in [-0.15, -0.1) is 11.3 Å². The van der Waals surface area contributed by atoms with Crippen LogP contribution in [0.5, 0.6) is 0 Å². The molecule has 116 valence electrons. The maximum Gasteiger partial charge on any atom is 0.222 e. The van der Waals surface area contributed by atoms with E-state index in [1.165, 1.54) is 11.3 Å². The smallest absolute Gasteiger partial charge is 0.222 e. The van der Waals surface area contributed by atoms with E-state index in [1.807, 2.05) is 0 Å². The molecule has 0 unspecified atom stereocenters. The predicted molar refractivity (Wildman–Crippen MR) is 101 cm³/mol. The third kappa shape index (κ3) is 4.26. The third-order valence-electron chi connectivity index (χ3n) is 2.82. The highest BCUT2D eigenvalue weighted by molar-refractivity contribution is 7.16. The van der Waals surface area contributed by atoms with Crippen LogP contribution in [0.15, 0.2) is 61.3 Å². The molecule has 2 rings (SSSR count). The molecule has 3 nitrogen and oxygen atoms in total. The third-order valence-corrected chi connectivity index (χ3v) is 4.28. The van der Waals surface area contributed by atoms with Crippen molar-refractivity contribution in [2.24, 2.45) is 0 Å². The van der Waals surface area contributed by atoms with Gasteiger partial charge in [-0.05, 0) is 41.0 Å². The molecule has 0 aliphatic heterocycles. The van der Waals surface area contributed by atoms with Crippen molar-refractivity contribution in [3.8, 4) is 10.7 Å². The molecular formula is C17H13Cl2N3S. The first kappa shape index (κ1) is 17.3. The molecule has 0 bridgehead atoms. The van der Waals surface area contributed by atoms with Crippen molar-refractivity contribution in [1.29, 1.82) is 0 Å². The Bertz CT molecular complexity index is 834. The van der Waals surface area contributed by atoms with Crippen LogP contribution >= 0.6 is 34.5 Å². The number of hydrogen-bond acceptors (Lipinski definition) is 4. The van der Waals surface area contributed by atoms with Crippen LogP contribution in [0.4, 0.5) is 0 Å². The van der Waals surface area contributed by atoms with Gasteiger partial charge in [0.05, 0.1) is 10.6 Å². The number of aromatic nitrogens is 3. The monoisotopic (exact) mass is 361 g/mol. The molecule has 2 aromatic rings. The molecule has 0 N–H and O–H groups in total. The lowest BCUT2D eigenvalue weighted by molar-refractivity contribution is 1.16. The van der Waals surface area contributed by atoms with E-state index in [-0.39, 0.29) is 5.28 Å². The molecule has 0 fully saturated rings. The van der Waals surface area contributed by atoms with Crippen LogP contribution in [0.1, 0.15) is 10.6 Å². The zero-order chi connectivity index (χ0) is 17.0. The number of nitrogens with zero attached hydrogens (tertiary/aromatic N) is 3. The Morgan fingerprint density at radius 1 is 1.17 bits per heavy atom. The fourth-order valence-electron chi connectivity index (χ4n) is 1.69. The second-order valence-corrected chi connectivity index (χ2v) is 6.26. The summed E-state index contributed by atoms with van der Waals surface area (Å²) < 4.78 is 0. The molecule has 0 radical (unpaired) electrons. The first-order valence-corrected chi connectivity index (χ1v) is 8.03. The minimum atomic E-state index is 0.172. The van der Waals surface area contributed by atoms with Gasteiger partial charge in [0.15, 0.2) is 0 Å². The Labute approximate surface area is 149 Å². The predicted octanol–water partition coefficient (Wildman–Crippen LogP) is 5.77. The average molecular weight is 362 g/mol. The van der Waals surface area contributed by atoms with Gasteiger partial charge in [0.1, 0.15) is 10.7 Å². The van der Waals surface area contributed by atoms with Gasteiger partial charge in [-0.25, -0.2) is 15.0 Å². The second-order valence-electron chi connectivity index (χ2n) is 4.43. The van der Waals surface area contributed by atoms with Crippen LogP contribution in [-0.2, 0) is 0 Å². The zero-order valence-electron chi connectivity index (χ0n) is 12.2. The molecule has 0 aliphatic carbocycles. The summed E-state index contributed by atoms with van der Waals surface area (Å²) in [5, 5.41) is 1.30. The van der Waals surface area contributed by atoms with E-state index >= 15 is 0 Å². The molecule has 0 atom stereocenters. The summed E-state index contributed by atoms with van der Waals surface area (Å²) in [4.78, 5) is 13.4. The van der Waals surface area contributed by atoms with Gasteiger partial charge in [0.25, 0.3) is 0 Å². The molecule has 23 heavy (non-hydrogen) atoms. The highest BCUT2D eigenvalue weighted by Gasteiger charge is 2.15.